The first-order valence-electron chi connectivity index (χ1n) is 8.86. The summed E-state index contributed by atoms with van der Waals surface area (Å²) in [6, 6.07) is 14.2. The van der Waals surface area contributed by atoms with Gasteiger partial charge in [-0.2, -0.15) is 0 Å². The van der Waals surface area contributed by atoms with Crippen molar-refractivity contribution in [3.05, 3.63) is 65.5 Å². The van der Waals surface area contributed by atoms with Gasteiger partial charge in [0, 0.05) is 18.5 Å². The highest BCUT2D eigenvalue weighted by molar-refractivity contribution is 14.0. The molecule has 0 bridgehead atoms. The molecule has 7 heteroatoms. The Morgan fingerprint density at radius 1 is 1.22 bits per heavy atom. The van der Waals surface area contributed by atoms with Crippen molar-refractivity contribution >= 4 is 29.9 Å². The van der Waals surface area contributed by atoms with Gasteiger partial charge in [0.2, 0.25) is 0 Å². The summed E-state index contributed by atoms with van der Waals surface area (Å²) >= 11 is 0. The normalized spacial score (nSPS) is 16.7. The molecule has 0 radical (unpaired) electrons. The molecule has 2 aromatic rings. The number of ether oxygens (including phenoxy) is 1. The minimum absolute atomic E-state index is 0. The maximum absolute atomic E-state index is 13.7. The van der Waals surface area contributed by atoms with Gasteiger partial charge in [-0.05, 0) is 24.6 Å². The Kier molecular flexibility index (Phi) is 8.30. The molecule has 2 atom stereocenters. The van der Waals surface area contributed by atoms with Crippen LogP contribution in [0.3, 0.4) is 0 Å². The standard InChI is InChI=1S/C20H24FN3O2.HI/c1-2-22-20(24-13-18(25)16-8-4-5-9-17(16)21)23-12-15-11-14-7-3-6-10-19(14)26-15;/h3-10,15,18,25H,2,11-13H2,1H3,(H2,22,23,24);1H. The highest BCUT2D eigenvalue weighted by Gasteiger charge is 2.22. The lowest BCUT2D eigenvalue weighted by molar-refractivity contribution is 0.182. The monoisotopic (exact) mass is 485 g/mol. The number of hydrogen-bond acceptors (Lipinski definition) is 3. The van der Waals surface area contributed by atoms with Crippen LogP contribution >= 0.6 is 24.0 Å². The van der Waals surface area contributed by atoms with Crippen LogP contribution in [0.2, 0.25) is 0 Å². The maximum Gasteiger partial charge on any atom is 0.191 e. The summed E-state index contributed by atoms with van der Waals surface area (Å²) < 4.78 is 19.6. The lowest BCUT2D eigenvalue weighted by Gasteiger charge is -2.16. The SMILES string of the molecule is CCNC(=NCC(O)c1ccccc1F)NCC1Cc2ccccc2O1.I. The third-order valence-electron chi connectivity index (χ3n) is 4.24. The average Bonchev–Trinajstić information content (AvgIpc) is 3.07. The van der Waals surface area contributed by atoms with Crippen LogP contribution in [-0.4, -0.2) is 36.8 Å². The molecule has 146 valence electrons. The number of halogens is 2. The van der Waals surface area contributed by atoms with Gasteiger partial charge in [-0.3, -0.25) is 4.99 Å². The molecule has 1 aliphatic heterocycles. The largest absolute Gasteiger partial charge is 0.488 e. The number of para-hydroxylation sites is 1. The van der Waals surface area contributed by atoms with Crippen LogP contribution in [0.1, 0.15) is 24.2 Å². The summed E-state index contributed by atoms with van der Waals surface area (Å²) in [6.07, 6.45) is -0.105. The molecular weight excluding hydrogens is 460 g/mol. The van der Waals surface area contributed by atoms with Gasteiger partial charge < -0.3 is 20.5 Å². The van der Waals surface area contributed by atoms with Gasteiger partial charge in [-0.1, -0.05) is 36.4 Å². The number of aliphatic hydroxyl groups is 1. The molecule has 0 saturated heterocycles. The van der Waals surface area contributed by atoms with Gasteiger partial charge in [0.1, 0.15) is 23.8 Å². The number of nitrogens with one attached hydrogen (secondary N) is 2. The van der Waals surface area contributed by atoms with Gasteiger partial charge >= 0.3 is 0 Å². The Morgan fingerprint density at radius 3 is 2.70 bits per heavy atom. The minimum atomic E-state index is -0.987. The molecule has 1 aliphatic rings. The van der Waals surface area contributed by atoms with Gasteiger partial charge in [0.25, 0.3) is 0 Å². The molecule has 5 nitrogen and oxygen atoms in total. The van der Waals surface area contributed by atoms with Crippen molar-refractivity contribution < 1.29 is 14.2 Å². The van der Waals surface area contributed by atoms with E-state index >= 15 is 0 Å². The second-order valence-electron chi connectivity index (χ2n) is 6.19. The van der Waals surface area contributed by atoms with Gasteiger partial charge in [-0.15, -0.1) is 24.0 Å². The van der Waals surface area contributed by atoms with Crippen LogP contribution in [0.25, 0.3) is 0 Å². The molecule has 2 aromatic carbocycles. The molecular formula is C20H25FIN3O2. The van der Waals surface area contributed by atoms with Crippen LogP contribution in [0.15, 0.2) is 53.5 Å². The number of hydrogen-bond donors (Lipinski definition) is 3. The van der Waals surface area contributed by atoms with E-state index in [1.165, 1.54) is 11.6 Å². The zero-order chi connectivity index (χ0) is 18.4. The van der Waals surface area contributed by atoms with Crippen LogP contribution in [0.4, 0.5) is 4.39 Å². The molecule has 2 unspecified atom stereocenters. The molecule has 0 spiro atoms. The molecule has 3 rings (SSSR count). The molecule has 3 N–H and O–H groups in total. The van der Waals surface area contributed by atoms with Crippen molar-refractivity contribution in [1.82, 2.24) is 10.6 Å². The summed E-state index contributed by atoms with van der Waals surface area (Å²) in [5, 5.41) is 16.5. The fourth-order valence-electron chi connectivity index (χ4n) is 2.94. The Hall–Kier alpha value is -1.87. The van der Waals surface area contributed by atoms with E-state index in [1.54, 1.807) is 18.2 Å². The fourth-order valence-corrected chi connectivity index (χ4v) is 2.94. The summed E-state index contributed by atoms with van der Waals surface area (Å²) in [7, 11) is 0. The van der Waals surface area contributed by atoms with E-state index < -0.39 is 11.9 Å². The predicted molar refractivity (Wildman–Crippen MR) is 115 cm³/mol. The number of rotatable bonds is 6. The third kappa shape index (κ3) is 5.80. The first kappa shape index (κ1) is 21.4. The molecule has 0 fully saturated rings. The summed E-state index contributed by atoms with van der Waals surface area (Å²) in [5.41, 5.74) is 1.46. The van der Waals surface area contributed by atoms with Crippen molar-refractivity contribution in [2.75, 3.05) is 19.6 Å². The highest BCUT2D eigenvalue weighted by atomic mass is 127. The number of benzene rings is 2. The van der Waals surface area contributed by atoms with Crippen molar-refractivity contribution in [2.24, 2.45) is 4.99 Å². The van der Waals surface area contributed by atoms with E-state index in [0.717, 1.165) is 12.2 Å². The van der Waals surface area contributed by atoms with E-state index in [4.69, 9.17) is 4.74 Å². The van der Waals surface area contributed by atoms with E-state index in [-0.39, 0.29) is 42.2 Å². The van der Waals surface area contributed by atoms with Crippen molar-refractivity contribution in [1.29, 1.82) is 0 Å². The second-order valence-corrected chi connectivity index (χ2v) is 6.19. The molecule has 1 heterocycles. The maximum atomic E-state index is 13.7. The number of fused-ring (bicyclic) bond motifs is 1. The average molecular weight is 485 g/mol. The highest BCUT2D eigenvalue weighted by Crippen LogP contribution is 2.27. The summed E-state index contributed by atoms with van der Waals surface area (Å²) in [6.45, 7) is 3.32. The lowest BCUT2D eigenvalue weighted by Crippen LogP contribution is -2.42. The number of aliphatic imine (C=N–C) groups is 1. The van der Waals surface area contributed by atoms with E-state index in [2.05, 4.69) is 21.7 Å². The topological polar surface area (TPSA) is 65.9 Å². The van der Waals surface area contributed by atoms with E-state index in [0.29, 0.717) is 19.0 Å². The third-order valence-corrected chi connectivity index (χ3v) is 4.24. The molecule has 0 amide bonds. The zero-order valence-corrected chi connectivity index (χ0v) is 17.5. The smallest absolute Gasteiger partial charge is 0.191 e. The van der Waals surface area contributed by atoms with Crippen LogP contribution in [0, 0.1) is 5.82 Å². The molecule has 0 aliphatic carbocycles. The Balaban J connectivity index is 0.00000261. The van der Waals surface area contributed by atoms with Crippen LogP contribution in [-0.2, 0) is 6.42 Å². The fraction of sp³-hybridized carbons (Fsp3) is 0.350. The number of guanidine groups is 1. The Labute approximate surface area is 176 Å². The summed E-state index contributed by atoms with van der Waals surface area (Å²) in [5.74, 6) is 1.07. The zero-order valence-electron chi connectivity index (χ0n) is 15.2. The van der Waals surface area contributed by atoms with Crippen LogP contribution < -0.4 is 15.4 Å². The minimum Gasteiger partial charge on any atom is -0.488 e. The predicted octanol–water partition coefficient (Wildman–Crippen LogP) is 3.04. The molecule has 0 aromatic heterocycles. The van der Waals surface area contributed by atoms with E-state index in [9.17, 15) is 9.50 Å². The Morgan fingerprint density at radius 2 is 1.96 bits per heavy atom. The second kappa shape index (κ2) is 10.5. The quantitative estimate of drug-likeness (QED) is 0.335. The first-order chi connectivity index (χ1) is 12.7. The van der Waals surface area contributed by atoms with E-state index in [1.807, 2.05) is 25.1 Å². The first-order valence-corrected chi connectivity index (χ1v) is 8.86. The van der Waals surface area contributed by atoms with Crippen molar-refractivity contribution in [3.63, 3.8) is 0 Å². The lowest BCUT2D eigenvalue weighted by atomic mass is 10.1. The number of nitrogens with zero attached hydrogens (tertiary/aromatic N) is 1. The van der Waals surface area contributed by atoms with Crippen molar-refractivity contribution in [3.8, 4) is 5.75 Å². The summed E-state index contributed by atoms with van der Waals surface area (Å²) in [4.78, 5) is 4.36. The van der Waals surface area contributed by atoms with Gasteiger partial charge in [0.05, 0.1) is 13.1 Å². The Bertz CT molecular complexity index is 747. The van der Waals surface area contributed by atoms with Gasteiger partial charge in [-0.25, -0.2) is 4.39 Å². The molecule has 27 heavy (non-hydrogen) atoms. The number of aliphatic hydroxyl groups excluding tert-OH is 1. The van der Waals surface area contributed by atoms with Gasteiger partial charge in [0.15, 0.2) is 5.96 Å². The van der Waals surface area contributed by atoms with Crippen LogP contribution in [0.5, 0.6) is 5.75 Å². The molecule has 0 saturated carbocycles. The van der Waals surface area contributed by atoms with Crippen molar-refractivity contribution in [2.45, 2.75) is 25.6 Å².